The van der Waals surface area contributed by atoms with Gasteiger partial charge in [0.15, 0.2) is 0 Å². The third kappa shape index (κ3) is 2.69. The van der Waals surface area contributed by atoms with Crippen LogP contribution in [0.5, 0.6) is 5.75 Å². The maximum absolute atomic E-state index is 13.4. The SMILES string of the molecule is Fc1cc(NCc2cc(Cl)cc3c2OCC3)ccc1Cl. The number of ether oxygens (including phenoxy) is 1. The molecular weight excluding hydrogens is 300 g/mol. The number of anilines is 1. The van der Waals surface area contributed by atoms with Gasteiger partial charge in [-0.25, -0.2) is 4.39 Å². The molecule has 0 saturated carbocycles. The molecular formula is C15H12Cl2FNO. The highest BCUT2D eigenvalue weighted by atomic mass is 35.5. The molecule has 1 N–H and O–H groups in total. The second-order valence-corrected chi connectivity index (χ2v) is 5.48. The summed E-state index contributed by atoms with van der Waals surface area (Å²) >= 11 is 11.8. The molecule has 0 unspecified atom stereocenters. The fourth-order valence-corrected chi connectivity index (χ4v) is 2.66. The molecule has 0 radical (unpaired) electrons. The molecule has 1 aliphatic heterocycles. The first-order valence-corrected chi connectivity index (χ1v) is 7.02. The van der Waals surface area contributed by atoms with Crippen molar-refractivity contribution in [2.75, 3.05) is 11.9 Å². The van der Waals surface area contributed by atoms with Gasteiger partial charge in [0.1, 0.15) is 11.6 Å². The van der Waals surface area contributed by atoms with Crippen molar-refractivity contribution < 1.29 is 9.13 Å². The Morgan fingerprint density at radius 2 is 2.05 bits per heavy atom. The number of halogens is 3. The molecule has 0 amide bonds. The molecule has 2 nitrogen and oxygen atoms in total. The highest BCUT2D eigenvalue weighted by Gasteiger charge is 2.17. The van der Waals surface area contributed by atoms with Gasteiger partial charge in [-0.05, 0) is 35.9 Å². The molecule has 5 heteroatoms. The first kappa shape index (κ1) is 13.5. The van der Waals surface area contributed by atoms with E-state index in [1.165, 1.54) is 12.1 Å². The van der Waals surface area contributed by atoms with Crippen molar-refractivity contribution in [3.63, 3.8) is 0 Å². The van der Waals surface area contributed by atoms with E-state index in [0.29, 0.717) is 23.9 Å². The van der Waals surface area contributed by atoms with Crippen LogP contribution in [0.4, 0.5) is 10.1 Å². The Hall–Kier alpha value is -1.45. The summed E-state index contributed by atoms with van der Waals surface area (Å²) in [6.07, 6.45) is 0.873. The Kier molecular flexibility index (Phi) is 3.72. The molecule has 0 aliphatic carbocycles. The van der Waals surface area contributed by atoms with Gasteiger partial charge in [0.05, 0.1) is 11.6 Å². The maximum atomic E-state index is 13.4. The van der Waals surface area contributed by atoms with Gasteiger partial charge in [0, 0.05) is 29.2 Å². The van der Waals surface area contributed by atoms with Crippen LogP contribution < -0.4 is 10.1 Å². The largest absolute Gasteiger partial charge is 0.493 e. The Morgan fingerprint density at radius 3 is 2.85 bits per heavy atom. The fourth-order valence-electron chi connectivity index (χ4n) is 2.28. The van der Waals surface area contributed by atoms with E-state index in [4.69, 9.17) is 27.9 Å². The van der Waals surface area contributed by atoms with E-state index in [9.17, 15) is 4.39 Å². The van der Waals surface area contributed by atoms with Crippen LogP contribution in [0.25, 0.3) is 0 Å². The smallest absolute Gasteiger partial charge is 0.143 e. The molecule has 0 atom stereocenters. The quantitative estimate of drug-likeness (QED) is 0.888. The molecule has 2 aromatic rings. The van der Waals surface area contributed by atoms with Crippen LogP contribution in [0.1, 0.15) is 11.1 Å². The lowest BCUT2D eigenvalue weighted by Crippen LogP contribution is -2.02. The summed E-state index contributed by atoms with van der Waals surface area (Å²) in [4.78, 5) is 0. The van der Waals surface area contributed by atoms with Crippen molar-refractivity contribution >= 4 is 28.9 Å². The number of fused-ring (bicyclic) bond motifs is 1. The minimum atomic E-state index is -0.441. The molecule has 1 heterocycles. The Balaban J connectivity index is 1.80. The minimum absolute atomic E-state index is 0.113. The average Bonchev–Trinajstić information content (AvgIpc) is 2.88. The van der Waals surface area contributed by atoms with E-state index >= 15 is 0 Å². The Morgan fingerprint density at radius 1 is 1.20 bits per heavy atom. The first-order valence-electron chi connectivity index (χ1n) is 6.26. The first-order chi connectivity index (χ1) is 9.63. The van der Waals surface area contributed by atoms with Gasteiger partial charge in [0.25, 0.3) is 0 Å². The zero-order chi connectivity index (χ0) is 14.1. The van der Waals surface area contributed by atoms with Crippen molar-refractivity contribution in [3.8, 4) is 5.75 Å². The van der Waals surface area contributed by atoms with Crippen LogP contribution in [0, 0.1) is 5.82 Å². The predicted octanol–water partition coefficient (Wildman–Crippen LogP) is 4.68. The molecule has 0 aromatic heterocycles. The number of rotatable bonds is 3. The van der Waals surface area contributed by atoms with Gasteiger partial charge < -0.3 is 10.1 Å². The number of hydrogen-bond donors (Lipinski definition) is 1. The van der Waals surface area contributed by atoms with Crippen LogP contribution in [-0.2, 0) is 13.0 Å². The standard InChI is InChI=1S/C15H12Cl2FNO/c16-11-5-9-3-4-20-15(9)10(6-11)8-19-12-1-2-13(17)14(18)7-12/h1-2,5-7,19H,3-4,8H2. The summed E-state index contributed by atoms with van der Waals surface area (Å²) in [6.45, 7) is 1.20. The van der Waals surface area contributed by atoms with Crippen molar-refractivity contribution in [2.45, 2.75) is 13.0 Å². The molecule has 0 bridgehead atoms. The summed E-state index contributed by atoms with van der Waals surface area (Å²) in [5.41, 5.74) is 2.76. The molecule has 2 aromatic carbocycles. The average molecular weight is 312 g/mol. The summed E-state index contributed by atoms with van der Waals surface area (Å²) < 4.78 is 19.0. The van der Waals surface area contributed by atoms with E-state index < -0.39 is 5.82 Å². The second-order valence-electron chi connectivity index (χ2n) is 4.63. The summed E-state index contributed by atoms with van der Waals surface area (Å²) in [5, 5.41) is 3.95. The third-order valence-corrected chi connectivity index (χ3v) is 3.75. The van der Waals surface area contributed by atoms with Crippen LogP contribution in [0.15, 0.2) is 30.3 Å². The molecule has 1 aliphatic rings. The maximum Gasteiger partial charge on any atom is 0.143 e. The third-order valence-electron chi connectivity index (χ3n) is 3.23. The number of hydrogen-bond acceptors (Lipinski definition) is 2. The van der Waals surface area contributed by atoms with E-state index in [1.807, 2.05) is 12.1 Å². The van der Waals surface area contributed by atoms with Crippen LogP contribution in [0.3, 0.4) is 0 Å². The highest BCUT2D eigenvalue weighted by Crippen LogP contribution is 2.33. The van der Waals surface area contributed by atoms with Gasteiger partial charge in [-0.3, -0.25) is 0 Å². The van der Waals surface area contributed by atoms with Crippen molar-refractivity contribution in [1.82, 2.24) is 0 Å². The van der Waals surface area contributed by atoms with Crippen LogP contribution in [-0.4, -0.2) is 6.61 Å². The normalized spacial score (nSPS) is 12.9. The lowest BCUT2D eigenvalue weighted by molar-refractivity contribution is 0.354. The monoisotopic (exact) mass is 311 g/mol. The molecule has 104 valence electrons. The number of nitrogens with one attached hydrogen (secondary N) is 1. The van der Waals surface area contributed by atoms with Gasteiger partial charge in [-0.2, -0.15) is 0 Å². The fraction of sp³-hybridized carbons (Fsp3) is 0.200. The van der Waals surface area contributed by atoms with E-state index in [1.54, 1.807) is 6.07 Å². The second kappa shape index (κ2) is 5.51. The van der Waals surface area contributed by atoms with Crippen LogP contribution >= 0.6 is 23.2 Å². The van der Waals surface area contributed by atoms with Gasteiger partial charge in [-0.1, -0.05) is 23.2 Å². The molecule has 0 fully saturated rings. The summed E-state index contributed by atoms with van der Waals surface area (Å²) in [5.74, 6) is 0.445. The van der Waals surface area contributed by atoms with Crippen molar-refractivity contribution in [1.29, 1.82) is 0 Å². The molecule has 20 heavy (non-hydrogen) atoms. The zero-order valence-corrected chi connectivity index (χ0v) is 12.1. The highest BCUT2D eigenvalue weighted by molar-refractivity contribution is 6.31. The van der Waals surface area contributed by atoms with Crippen molar-refractivity contribution in [3.05, 3.63) is 57.3 Å². The minimum Gasteiger partial charge on any atom is -0.493 e. The van der Waals surface area contributed by atoms with E-state index in [-0.39, 0.29) is 5.02 Å². The topological polar surface area (TPSA) is 21.3 Å². The predicted molar refractivity (Wildman–Crippen MR) is 79.4 cm³/mol. The van der Waals surface area contributed by atoms with Gasteiger partial charge in [-0.15, -0.1) is 0 Å². The Labute approximate surface area is 126 Å². The number of benzene rings is 2. The summed E-state index contributed by atoms with van der Waals surface area (Å²) in [6, 6.07) is 8.42. The van der Waals surface area contributed by atoms with Gasteiger partial charge >= 0.3 is 0 Å². The lowest BCUT2D eigenvalue weighted by Gasteiger charge is -2.11. The van der Waals surface area contributed by atoms with E-state index in [2.05, 4.69) is 5.32 Å². The van der Waals surface area contributed by atoms with Crippen molar-refractivity contribution in [2.24, 2.45) is 0 Å². The molecule has 3 rings (SSSR count). The van der Waals surface area contributed by atoms with Crippen LogP contribution in [0.2, 0.25) is 10.0 Å². The van der Waals surface area contributed by atoms with Gasteiger partial charge in [0.2, 0.25) is 0 Å². The summed E-state index contributed by atoms with van der Waals surface area (Å²) in [7, 11) is 0. The molecule has 0 saturated heterocycles. The lowest BCUT2D eigenvalue weighted by atomic mass is 10.1. The van der Waals surface area contributed by atoms with E-state index in [0.717, 1.165) is 23.3 Å². The Bertz CT molecular complexity index is 661. The molecule has 0 spiro atoms. The zero-order valence-electron chi connectivity index (χ0n) is 10.6.